The van der Waals surface area contributed by atoms with Gasteiger partial charge in [-0.1, -0.05) is 0 Å². The Morgan fingerprint density at radius 1 is 1.29 bits per heavy atom. The molecule has 0 radical (unpaired) electrons. The van der Waals surface area contributed by atoms with Gasteiger partial charge in [0.05, 0.1) is 29.5 Å². The van der Waals surface area contributed by atoms with Gasteiger partial charge >= 0.3 is 0 Å². The van der Waals surface area contributed by atoms with Crippen molar-refractivity contribution in [3.63, 3.8) is 0 Å². The Bertz CT molecular complexity index is 1140. The number of nitrogens with two attached hydrogens (primary N) is 1. The fourth-order valence-electron chi connectivity index (χ4n) is 3.93. The number of nitrogens with one attached hydrogen (secondary N) is 1. The van der Waals surface area contributed by atoms with Crippen LogP contribution in [0.15, 0.2) is 18.3 Å². The molecule has 10 nitrogen and oxygen atoms in total. The van der Waals surface area contributed by atoms with Gasteiger partial charge in [-0.3, -0.25) is 5.10 Å². The van der Waals surface area contributed by atoms with E-state index in [0.29, 0.717) is 67.4 Å². The standard InChI is InChI=1S/C17H21N7O3S/c1-28(25,26)17(3-4-17)11-10-13(23-6-8-27-9-7-23)20-16-14(11)15(18)22-24(16)12-2-5-19-21-12/h2,5,10H,3-4,6-9H2,1H3,(H2,18,22)(H,19,21). The third-order valence-electron chi connectivity index (χ3n) is 5.61. The molecule has 3 N–H and O–H groups in total. The zero-order valence-corrected chi connectivity index (χ0v) is 16.2. The lowest BCUT2D eigenvalue weighted by Gasteiger charge is -2.29. The van der Waals surface area contributed by atoms with Crippen molar-refractivity contribution in [1.29, 1.82) is 0 Å². The van der Waals surface area contributed by atoms with E-state index in [1.807, 2.05) is 6.07 Å². The lowest BCUT2D eigenvalue weighted by atomic mass is 10.1. The van der Waals surface area contributed by atoms with Crippen molar-refractivity contribution in [2.24, 2.45) is 0 Å². The number of fused-ring (bicyclic) bond motifs is 1. The van der Waals surface area contributed by atoms with E-state index in [4.69, 9.17) is 15.5 Å². The van der Waals surface area contributed by atoms with E-state index in [2.05, 4.69) is 20.2 Å². The van der Waals surface area contributed by atoms with Crippen LogP contribution < -0.4 is 10.6 Å². The maximum absolute atomic E-state index is 12.7. The summed E-state index contributed by atoms with van der Waals surface area (Å²) < 4.78 is 31.4. The van der Waals surface area contributed by atoms with Gasteiger partial charge in [-0.25, -0.2) is 13.4 Å². The summed E-state index contributed by atoms with van der Waals surface area (Å²) in [5, 5.41) is 11.9. The van der Waals surface area contributed by atoms with Gasteiger partial charge in [0, 0.05) is 25.4 Å². The Hall–Kier alpha value is -2.66. The van der Waals surface area contributed by atoms with Crippen molar-refractivity contribution in [2.75, 3.05) is 43.2 Å². The van der Waals surface area contributed by atoms with Gasteiger partial charge in [-0.15, -0.1) is 5.10 Å². The molecule has 0 spiro atoms. The van der Waals surface area contributed by atoms with Gasteiger partial charge in [0.2, 0.25) is 0 Å². The van der Waals surface area contributed by atoms with Crippen LogP contribution in [-0.2, 0) is 19.3 Å². The van der Waals surface area contributed by atoms with Crippen LogP contribution in [0.4, 0.5) is 11.6 Å². The Morgan fingerprint density at radius 3 is 2.64 bits per heavy atom. The molecule has 2 aliphatic rings. The normalized spacial score (nSPS) is 19.2. The second-order valence-corrected chi connectivity index (χ2v) is 9.66. The summed E-state index contributed by atoms with van der Waals surface area (Å²) in [6.45, 7) is 2.59. The number of aromatic nitrogens is 5. The SMILES string of the molecule is CS(=O)(=O)C1(c2cc(N3CCOCC3)nc3c2c(N)nn3-c2ccn[nH]2)CC1. The number of sulfone groups is 1. The maximum atomic E-state index is 12.7. The van der Waals surface area contributed by atoms with Gasteiger partial charge in [0.15, 0.2) is 27.1 Å². The van der Waals surface area contributed by atoms with E-state index in [-0.39, 0.29) is 5.82 Å². The summed E-state index contributed by atoms with van der Waals surface area (Å²) >= 11 is 0. The monoisotopic (exact) mass is 403 g/mol. The minimum Gasteiger partial charge on any atom is -0.382 e. The number of pyridine rings is 1. The highest BCUT2D eigenvalue weighted by molar-refractivity contribution is 7.92. The fourth-order valence-corrected chi connectivity index (χ4v) is 5.34. The number of nitrogens with zero attached hydrogens (tertiary/aromatic N) is 5. The molecule has 0 atom stereocenters. The Kier molecular flexibility index (Phi) is 3.68. The highest BCUT2D eigenvalue weighted by Crippen LogP contribution is 2.55. The van der Waals surface area contributed by atoms with Crippen LogP contribution >= 0.6 is 0 Å². The number of aromatic amines is 1. The molecule has 0 bridgehead atoms. The van der Waals surface area contributed by atoms with E-state index < -0.39 is 14.6 Å². The zero-order chi connectivity index (χ0) is 19.5. The molecule has 1 saturated carbocycles. The molecule has 0 unspecified atom stereocenters. The van der Waals surface area contributed by atoms with Gasteiger partial charge in [0.25, 0.3) is 0 Å². The molecule has 3 aromatic rings. The summed E-state index contributed by atoms with van der Waals surface area (Å²) in [7, 11) is -3.33. The first-order chi connectivity index (χ1) is 13.4. The van der Waals surface area contributed by atoms with Crippen LogP contribution in [0.25, 0.3) is 16.9 Å². The minimum absolute atomic E-state index is 0.260. The van der Waals surface area contributed by atoms with E-state index in [9.17, 15) is 8.42 Å². The van der Waals surface area contributed by atoms with Crippen molar-refractivity contribution in [2.45, 2.75) is 17.6 Å². The number of hydrogen-bond donors (Lipinski definition) is 2. The molecule has 0 aromatic carbocycles. The average Bonchev–Trinajstić information content (AvgIpc) is 3.21. The average molecular weight is 403 g/mol. The highest BCUT2D eigenvalue weighted by atomic mass is 32.2. The highest BCUT2D eigenvalue weighted by Gasteiger charge is 2.55. The molecule has 0 amide bonds. The molecular formula is C17H21N7O3S. The van der Waals surface area contributed by atoms with Crippen molar-refractivity contribution in [1.82, 2.24) is 25.0 Å². The Balaban J connectivity index is 1.80. The number of morpholine rings is 1. The number of rotatable bonds is 4. The van der Waals surface area contributed by atoms with Crippen LogP contribution in [0.5, 0.6) is 0 Å². The van der Waals surface area contributed by atoms with E-state index >= 15 is 0 Å². The topological polar surface area (TPSA) is 132 Å². The second kappa shape index (κ2) is 5.92. The fraction of sp³-hybridized carbons (Fsp3) is 0.471. The van der Waals surface area contributed by atoms with Crippen LogP contribution in [0.1, 0.15) is 18.4 Å². The molecule has 5 rings (SSSR count). The van der Waals surface area contributed by atoms with Crippen LogP contribution in [0.2, 0.25) is 0 Å². The van der Waals surface area contributed by atoms with Gasteiger partial charge < -0.3 is 15.4 Å². The molecule has 3 aromatic heterocycles. The van der Waals surface area contributed by atoms with Crippen molar-refractivity contribution >= 4 is 32.5 Å². The number of nitrogen functional groups attached to an aromatic ring is 1. The molecule has 148 valence electrons. The zero-order valence-electron chi connectivity index (χ0n) is 15.4. The first-order valence-corrected chi connectivity index (χ1v) is 11.0. The summed E-state index contributed by atoms with van der Waals surface area (Å²) in [4.78, 5) is 6.91. The predicted molar refractivity (Wildman–Crippen MR) is 104 cm³/mol. The lowest BCUT2D eigenvalue weighted by Crippen LogP contribution is -2.37. The quantitative estimate of drug-likeness (QED) is 0.647. The number of H-pyrrole nitrogens is 1. The number of anilines is 2. The van der Waals surface area contributed by atoms with Gasteiger partial charge in [-0.05, 0) is 24.5 Å². The second-order valence-electron chi connectivity index (χ2n) is 7.33. The van der Waals surface area contributed by atoms with Crippen molar-refractivity contribution in [3.8, 4) is 5.82 Å². The summed E-state index contributed by atoms with van der Waals surface area (Å²) in [5.41, 5.74) is 7.45. The third kappa shape index (κ3) is 2.49. The molecule has 1 aliphatic heterocycles. The number of ether oxygens (including phenoxy) is 1. The molecule has 2 fully saturated rings. The van der Waals surface area contributed by atoms with Crippen LogP contribution in [0, 0.1) is 0 Å². The van der Waals surface area contributed by atoms with E-state index in [0.717, 1.165) is 0 Å². The third-order valence-corrected chi connectivity index (χ3v) is 7.65. The van der Waals surface area contributed by atoms with Gasteiger partial charge in [-0.2, -0.15) is 9.78 Å². The van der Waals surface area contributed by atoms with E-state index in [1.165, 1.54) is 6.26 Å². The summed E-state index contributed by atoms with van der Waals surface area (Å²) in [6.07, 6.45) is 4.05. The molecule has 1 aliphatic carbocycles. The first kappa shape index (κ1) is 17.4. The van der Waals surface area contributed by atoms with Crippen molar-refractivity contribution < 1.29 is 13.2 Å². The smallest absolute Gasteiger partial charge is 0.169 e. The Labute approximate surface area is 161 Å². The summed E-state index contributed by atoms with van der Waals surface area (Å²) in [6, 6.07) is 3.63. The van der Waals surface area contributed by atoms with Crippen LogP contribution in [0.3, 0.4) is 0 Å². The lowest BCUT2D eigenvalue weighted by molar-refractivity contribution is 0.122. The molecular weight excluding hydrogens is 382 g/mol. The van der Waals surface area contributed by atoms with Gasteiger partial charge in [0.1, 0.15) is 5.82 Å². The molecule has 1 saturated heterocycles. The molecule has 28 heavy (non-hydrogen) atoms. The first-order valence-electron chi connectivity index (χ1n) is 9.12. The largest absolute Gasteiger partial charge is 0.382 e. The predicted octanol–water partition coefficient (Wildman–Crippen LogP) is 0.596. The van der Waals surface area contributed by atoms with E-state index in [1.54, 1.807) is 16.9 Å². The number of hydrogen-bond acceptors (Lipinski definition) is 8. The molecule has 11 heteroatoms. The Morgan fingerprint density at radius 2 is 2.04 bits per heavy atom. The maximum Gasteiger partial charge on any atom is 0.169 e. The molecule has 4 heterocycles. The summed E-state index contributed by atoms with van der Waals surface area (Å²) in [5.74, 6) is 1.58. The van der Waals surface area contributed by atoms with Crippen molar-refractivity contribution in [3.05, 3.63) is 23.9 Å². The minimum atomic E-state index is -3.33. The van der Waals surface area contributed by atoms with Crippen LogP contribution in [-0.4, -0.2) is 65.9 Å².